The van der Waals surface area contributed by atoms with E-state index >= 15 is 0 Å². The number of carbonyl (C=O) groups is 1. The van der Waals surface area contributed by atoms with E-state index in [1.807, 2.05) is 0 Å². The molecule has 1 aromatic carbocycles. The molecule has 1 amide bonds. The molecule has 1 aromatic heterocycles. The van der Waals surface area contributed by atoms with Gasteiger partial charge in [-0.1, -0.05) is 11.6 Å². The van der Waals surface area contributed by atoms with E-state index in [1.54, 1.807) is 24.3 Å². The van der Waals surface area contributed by atoms with Crippen molar-refractivity contribution in [1.82, 2.24) is 0 Å². The number of hydrogen-bond donors (Lipinski definition) is 1. The molecule has 0 spiro atoms. The summed E-state index contributed by atoms with van der Waals surface area (Å²) in [4.78, 5) is 12.0. The van der Waals surface area contributed by atoms with Crippen molar-refractivity contribution in [1.29, 1.82) is 0 Å². The van der Waals surface area contributed by atoms with Crippen LogP contribution in [0.3, 0.4) is 0 Å². The van der Waals surface area contributed by atoms with E-state index in [4.69, 9.17) is 16.0 Å². The summed E-state index contributed by atoms with van der Waals surface area (Å²) in [7, 11) is -3.33. The minimum Gasteiger partial charge on any atom is -0.459 e. The van der Waals surface area contributed by atoms with Gasteiger partial charge in [-0.3, -0.25) is 9.10 Å². The molecule has 1 aliphatic heterocycles. The standard InChI is InChI=1S/C14H13ClN2O4S/c15-11-5-4-10(16-14(18)13-3-1-7-21-13)9-12(11)17-6-2-8-22(17,19)20/h1,3-5,7,9H,2,6,8H2,(H,16,18). The highest BCUT2D eigenvalue weighted by Gasteiger charge is 2.30. The summed E-state index contributed by atoms with van der Waals surface area (Å²) in [6.45, 7) is 0.387. The van der Waals surface area contributed by atoms with Gasteiger partial charge in [0.2, 0.25) is 10.0 Å². The fraction of sp³-hybridized carbons (Fsp3) is 0.214. The summed E-state index contributed by atoms with van der Waals surface area (Å²) in [5, 5.41) is 2.97. The maximum Gasteiger partial charge on any atom is 0.291 e. The lowest BCUT2D eigenvalue weighted by Gasteiger charge is -2.19. The predicted octanol–water partition coefficient (Wildman–Crippen LogP) is 2.73. The summed E-state index contributed by atoms with van der Waals surface area (Å²) in [5.41, 5.74) is 0.819. The summed E-state index contributed by atoms with van der Waals surface area (Å²) in [5.74, 6) is -0.139. The number of rotatable bonds is 3. The quantitative estimate of drug-likeness (QED) is 0.931. The van der Waals surface area contributed by atoms with Crippen LogP contribution >= 0.6 is 11.6 Å². The number of carbonyl (C=O) groups excluding carboxylic acids is 1. The second kappa shape index (κ2) is 5.66. The Morgan fingerprint density at radius 2 is 2.14 bits per heavy atom. The van der Waals surface area contributed by atoms with E-state index in [-0.39, 0.29) is 11.5 Å². The highest BCUT2D eigenvalue weighted by Crippen LogP contribution is 2.33. The Hall–Kier alpha value is -1.99. The van der Waals surface area contributed by atoms with Gasteiger partial charge in [0.1, 0.15) is 0 Å². The number of amides is 1. The van der Waals surface area contributed by atoms with Gasteiger partial charge in [-0.05, 0) is 36.8 Å². The maximum absolute atomic E-state index is 12.0. The Bertz CT molecular complexity index is 802. The van der Waals surface area contributed by atoms with Crippen molar-refractivity contribution < 1.29 is 17.6 Å². The van der Waals surface area contributed by atoms with Crippen molar-refractivity contribution in [3.05, 3.63) is 47.4 Å². The molecule has 0 unspecified atom stereocenters. The fourth-order valence-electron chi connectivity index (χ4n) is 2.29. The zero-order valence-electron chi connectivity index (χ0n) is 11.5. The average Bonchev–Trinajstić information content (AvgIpc) is 3.10. The molecule has 116 valence electrons. The molecule has 22 heavy (non-hydrogen) atoms. The minimum atomic E-state index is -3.33. The number of furan rings is 1. The van der Waals surface area contributed by atoms with Crippen LogP contribution in [0, 0.1) is 0 Å². The number of sulfonamides is 1. The van der Waals surface area contributed by atoms with E-state index < -0.39 is 15.9 Å². The molecule has 0 atom stereocenters. The van der Waals surface area contributed by atoms with Crippen LogP contribution in [0.4, 0.5) is 11.4 Å². The van der Waals surface area contributed by atoms with Gasteiger partial charge >= 0.3 is 0 Å². The highest BCUT2D eigenvalue weighted by atomic mass is 35.5. The number of halogens is 1. The number of nitrogens with zero attached hydrogens (tertiary/aromatic N) is 1. The van der Waals surface area contributed by atoms with Gasteiger partial charge < -0.3 is 9.73 Å². The lowest BCUT2D eigenvalue weighted by molar-refractivity contribution is 0.0996. The lowest BCUT2D eigenvalue weighted by atomic mass is 10.2. The molecule has 0 aliphatic carbocycles. The van der Waals surface area contributed by atoms with Crippen molar-refractivity contribution >= 4 is 38.9 Å². The first-order valence-electron chi connectivity index (χ1n) is 6.62. The molecular formula is C14H13ClN2O4S. The van der Waals surface area contributed by atoms with Crippen LogP contribution in [0.1, 0.15) is 17.0 Å². The van der Waals surface area contributed by atoms with Crippen molar-refractivity contribution in [2.24, 2.45) is 0 Å². The average molecular weight is 341 g/mol. The smallest absolute Gasteiger partial charge is 0.291 e. The molecule has 0 bridgehead atoms. The fourth-order valence-corrected chi connectivity index (χ4v) is 4.13. The third kappa shape index (κ3) is 2.82. The number of benzene rings is 1. The zero-order valence-corrected chi connectivity index (χ0v) is 13.0. The van der Waals surface area contributed by atoms with E-state index in [0.29, 0.717) is 29.4 Å². The van der Waals surface area contributed by atoms with Gasteiger partial charge in [-0.15, -0.1) is 0 Å². The van der Waals surface area contributed by atoms with Gasteiger partial charge in [-0.25, -0.2) is 8.42 Å². The molecular weight excluding hydrogens is 328 g/mol. The van der Waals surface area contributed by atoms with E-state index in [2.05, 4.69) is 5.32 Å². The van der Waals surface area contributed by atoms with Gasteiger partial charge in [-0.2, -0.15) is 0 Å². The molecule has 1 N–H and O–H groups in total. The summed E-state index contributed by atoms with van der Waals surface area (Å²) >= 11 is 6.10. The molecule has 1 fully saturated rings. The Morgan fingerprint density at radius 1 is 1.32 bits per heavy atom. The van der Waals surface area contributed by atoms with Crippen molar-refractivity contribution in [3.63, 3.8) is 0 Å². The number of hydrogen-bond acceptors (Lipinski definition) is 4. The van der Waals surface area contributed by atoms with Crippen molar-refractivity contribution in [3.8, 4) is 0 Å². The topological polar surface area (TPSA) is 79.6 Å². The van der Waals surface area contributed by atoms with E-state index in [0.717, 1.165) is 0 Å². The summed E-state index contributed by atoms with van der Waals surface area (Å²) in [6, 6.07) is 7.86. The largest absolute Gasteiger partial charge is 0.459 e. The van der Waals surface area contributed by atoms with E-state index in [9.17, 15) is 13.2 Å². The van der Waals surface area contributed by atoms with Crippen LogP contribution in [0.2, 0.25) is 5.02 Å². The van der Waals surface area contributed by atoms with Crippen LogP contribution in [-0.2, 0) is 10.0 Å². The first-order chi connectivity index (χ1) is 10.5. The van der Waals surface area contributed by atoms with Crippen LogP contribution < -0.4 is 9.62 Å². The Kier molecular flexibility index (Phi) is 3.84. The third-order valence-corrected chi connectivity index (χ3v) is 5.49. The second-order valence-electron chi connectivity index (χ2n) is 4.84. The lowest BCUT2D eigenvalue weighted by Crippen LogP contribution is -2.25. The van der Waals surface area contributed by atoms with Crippen molar-refractivity contribution in [2.45, 2.75) is 6.42 Å². The molecule has 1 saturated heterocycles. The molecule has 3 rings (SSSR count). The number of nitrogens with one attached hydrogen (secondary N) is 1. The van der Waals surface area contributed by atoms with Crippen molar-refractivity contribution in [2.75, 3.05) is 21.9 Å². The predicted molar refractivity (Wildman–Crippen MR) is 83.9 cm³/mol. The Morgan fingerprint density at radius 3 is 2.77 bits per heavy atom. The Labute approximate surface area is 132 Å². The van der Waals surface area contributed by atoms with Gasteiger partial charge in [0.05, 0.1) is 22.7 Å². The van der Waals surface area contributed by atoms with Crippen LogP contribution in [-0.4, -0.2) is 26.6 Å². The Balaban J connectivity index is 1.89. The first-order valence-corrected chi connectivity index (χ1v) is 8.61. The molecule has 2 heterocycles. The molecule has 8 heteroatoms. The highest BCUT2D eigenvalue weighted by molar-refractivity contribution is 7.93. The first kappa shape index (κ1) is 14.9. The van der Waals surface area contributed by atoms with Crippen LogP contribution in [0.5, 0.6) is 0 Å². The second-order valence-corrected chi connectivity index (χ2v) is 7.26. The SMILES string of the molecule is O=C(Nc1ccc(Cl)c(N2CCCS2(=O)=O)c1)c1ccco1. The normalized spacial score (nSPS) is 16.7. The van der Waals surface area contributed by atoms with Crippen LogP contribution in [0.15, 0.2) is 41.0 Å². The van der Waals surface area contributed by atoms with Gasteiger partial charge in [0, 0.05) is 12.2 Å². The molecule has 0 radical (unpaired) electrons. The zero-order chi connectivity index (χ0) is 15.7. The molecule has 0 saturated carbocycles. The number of anilines is 2. The molecule has 2 aromatic rings. The van der Waals surface area contributed by atoms with E-state index in [1.165, 1.54) is 16.6 Å². The minimum absolute atomic E-state index is 0.103. The van der Waals surface area contributed by atoms with Gasteiger partial charge in [0.25, 0.3) is 5.91 Å². The monoisotopic (exact) mass is 340 g/mol. The third-order valence-electron chi connectivity index (χ3n) is 3.32. The van der Waals surface area contributed by atoms with Crippen LogP contribution in [0.25, 0.3) is 0 Å². The van der Waals surface area contributed by atoms with Gasteiger partial charge in [0.15, 0.2) is 5.76 Å². The molecule has 1 aliphatic rings. The maximum atomic E-state index is 12.0. The molecule has 6 nitrogen and oxygen atoms in total. The summed E-state index contributed by atoms with van der Waals surface area (Å²) < 4.78 is 30.3. The summed E-state index contributed by atoms with van der Waals surface area (Å²) in [6.07, 6.45) is 1.96.